The molecule has 25 heavy (non-hydrogen) atoms. The SMILES string of the molecule is COC(=O)C1CCN(C(=O)Nc2cc(-c3ccco3)ccc2F)CC1. The lowest BCUT2D eigenvalue weighted by atomic mass is 9.97. The number of carbonyl (C=O) groups is 2. The molecular weight excluding hydrogens is 327 g/mol. The Morgan fingerprint density at radius 3 is 2.68 bits per heavy atom. The minimum Gasteiger partial charge on any atom is -0.469 e. The number of hydrogen-bond acceptors (Lipinski definition) is 4. The van der Waals surface area contributed by atoms with Crippen LogP contribution in [0.3, 0.4) is 0 Å². The summed E-state index contributed by atoms with van der Waals surface area (Å²) in [6, 6.07) is 7.52. The van der Waals surface area contributed by atoms with Crippen molar-refractivity contribution in [3.8, 4) is 11.3 Å². The molecule has 2 heterocycles. The molecule has 3 rings (SSSR count). The molecule has 7 heteroatoms. The predicted octanol–water partition coefficient (Wildman–Crippen LogP) is 3.50. The number of likely N-dealkylation sites (tertiary alicyclic amines) is 1. The number of amides is 2. The van der Waals surface area contributed by atoms with E-state index in [-0.39, 0.29) is 23.6 Å². The van der Waals surface area contributed by atoms with Crippen molar-refractivity contribution in [2.45, 2.75) is 12.8 Å². The molecule has 0 bridgehead atoms. The van der Waals surface area contributed by atoms with Crippen LogP contribution in [0.5, 0.6) is 0 Å². The summed E-state index contributed by atoms with van der Waals surface area (Å²) in [5, 5.41) is 2.59. The maximum Gasteiger partial charge on any atom is 0.321 e. The van der Waals surface area contributed by atoms with Gasteiger partial charge in [0.1, 0.15) is 11.6 Å². The molecular formula is C18H19FN2O4. The van der Waals surface area contributed by atoms with E-state index in [2.05, 4.69) is 5.32 Å². The van der Waals surface area contributed by atoms with Crippen molar-refractivity contribution in [2.24, 2.45) is 5.92 Å². The minimum atomic E-state index is -0.520. The van der Waals surface area contributed by atoms with Crippen molar-refractivity contribution in [1.29, 1.82) is 0 Å². The molecule has 1 aromatic carbocycles. The number of hydrogen-bond donors (Lipinski definition) is 1. The number of nitrogens with zero attached hydrogens (tertiary/aromatic N) is 1. The Bertz CT molecular complexity index is 752. The third-order valence-corrected chi connectivity index (χ3v) is 4.33. The van der Waals surface area contributed by atoms with Crippen molar-refractivity contribution in [2.75, 3.05) is 25.5 Å². The van der Waals surface area contributed by atoms with Gasteiger partial charge < -0.3 is 19.4 Å². The van der Waals surface area contributed by atoms with E-state index in [1.807, 2.05) is 0 Å². The fraction of sp³-hybridized carbons (Fsp3) is 0.333. The highest BCUT2D eigenvalue weighted by molar-refractivity contribution is 5.90. The summed E-state index contributed by atoms with van der Waals surface area (Å²) in [5.41, 5.74) is 0.764. The van der Waals surface area contributed by atoms with Crippen LogP contribution in [0.4, 0.5) is 14.9 Å². The molecule has 1 saturated heterocycles. The number of urea groups is 1. The number of furan rings is 1. The smallest absolute Gasteiger partial charge is 0.321 e. The van der Waals surface area contributed by atoms with Crippen molar-refractivity contribution in [3.05, 3.63) is 42.4 Å². The Labute approximate surface area is 144 Å². The van der Waals surface area contributed by atoms with E-state index in [1.54, 1.807) is 23.1 Å². The van der Waals surface area contributed by atoms with Gasteiger partial charge in [0, 0.05) is 18.7 Å². The molecule has 1 aromatic heterocycles. The second-order valence-electron chi connectivity index (χ2n) is 5.89. The van der Waals surface area contributed by atoms with Gasteiger partial charge in [-0.2, -0.15) is 0 Å². The summed E-state index contributed by atoms with van der Waals surface area (Å²) in [6.45, 7) is 0.843. The molecule has 1 aliphatic heterocycles. The van der Waals surface area contributed by atoms with E-state index in [1.165, 1.54) is 25.5 Å². The number of ether oxygens (including phenoxy) is 1. The van der Waals surface area contributed by atoms with Crippen LogP contribution in [0.1, 0.15) is 12.8 Å². The molecule has 1 aliphatic rings. The monoisotopic (exact) mass is 346 g/mol. The largest absolute Gasteiger partial charge is 0.469 e. The molecule has 6 nitrogen and oxygen atoms in total. The first-order chi connectivity index (χ1) is 12.1. The minimum absolute atomic E-state index is 0.0917. The van der Waals surface area contributed by atoms with Crippen molar-refractivity contribution in [1.82, 2.24) is 4.90 Å². The number of nitrogens with one attached hydrogen (secondary N) is 1. The Kier molecular flexibility index (Phi) is 5.02. The highest BCUT2D eigenvalue weighted by atomic mass is 19.1. The zero-order valence-corrected chi connectivity index (χ0v) is 13.8. The summed E-state index contributed by atoms with van der Waals surface area (Å²) in [6.07, 6.45) is 2.60. The van der Waals surface area contributed by atoms with Crippen molar-refractivity contribution < 1.29 is 23.1 Å². The van der Waals surface area contributed by atoms with Crippen LogP contribution in [0.15, 0.2) is 41.0 Å². The van der Waals surface area contributed by atoms with Crippen LogP contribution in [0.25, 0.3) is 11.3 Å². The van der Waals surface area contributed by atoms with E-state index >= 15 is 0 Å². The van der Waals surface area contributed by atoms with E-state index in [9.17, 15) is 14.0 Å². The van der Waals surface area contributed by atoms with Crippen LogP contribution in [-0.2, 0) is 9.53 Å². The van der Waals surface area contributed by atoms with Gasteiger partial charge in [0.25, 0.3) is 0 Å². The standard InChI is InChI=1S/C18H19FN2O4/c1-24-17(22)12-6-8-21(9-7-12)18(23)20-15-11-13(4-5-14(15)19)16-3-2-10-25-16/h2-5,10-12H,6-9H2,1H3,(H,20,23). The topological polar surface area (TPSA) is 71.8 Å². The first kappa shape index (κ1) is 17.0. The van der Waals surface area contributed by atoms with Crippen LogP contribution < -0.4 is 5.32 Å². The highest BCUT2D eigenvalue weighted by Gasteiger charge is 2.28. The summed E-state index contributed by atoms with van der Waals surface area (Å²) in [4.78, 5) is 25.5. The van der Waals surface area contributed by atoms with Gasteiger partial charge in [-0.05, 0) is 43.2 Å². The molecule has 0 radical (unpaired) electrons. The zero-order valence-electron chi connectivity index (χ0n) is 13.8. The average molecular weight is 346 g/mol. The molecule has 0 spiro atoms. The predicted molar refractivity (Wildman–Crippen MR) is 89.4 cm³/mol. The summed E-state index contributed by atoms with van der Waals surface area (Å²) in [5.74, 6) is -0.368. The number of halogens is 1. The number of anilines is 1. The molecule has 1 N–H and O–H groups in total. The van der Waals surface area contributed by atoms with Crippen molar-refractivity contribution in [3.63, 3.8) is 0 Å². The van der Waals surface area contributed by atoms with Gasteiger partial charge in [-0.15, -0.1) is 0 Å². The van der Waals surface area contributed by atoms with Crippen molar-refractivity contribution >= 4 is 17.7 Å². The van der Waals surface area contributed by atoms with Gasteiger partial charge >= 0.3 is 12.0 Å². The number of piperidine rings is 1. The fourth-order valence-corrected chi connectivity index (χ4v) is 2.90. The van der Waals surface area contributed by atoms with E-state index < -0.39 is 5.82 Å². The quantitative estimate of drug-likeness (QED) is 0.864. The van der Waals surface area contributed by atoms with Gasteiger partial charge in [-0.3, -0.25) is 4.79 Å². The lowest BCUT2D eigenvalue weighted by molar-refractivity contribution is -0.146. The van der Waals surface area contributed by atoms with Gasteiger partial charge in [-0.25, -0.2) is 9.18 Å². The Morgan fingerprint density at radius 2 is 2.04 bits per heavy atom. The number of benzene rings is 1. The highest BCUT2D eigenvalue weighted by Crippen LogP contribution is 2.26. The van der Waals surface area contributed by atoms with E-state index in [0.29, 0.717) is 37.3 Å². The number of esters is 1. The normalized spacial score (nSPS) is 15.0. The lowest BCUT2D eigenvalue weighted by Crippen LogP contribution is -2.42. The van der Waals surface area contributed by atoms with E-state index in [0.717, 1.165) is 0 Å². The maximum absolute atomic E-state index is 14.0. The zero-order chi connectivity index (χ0) is 17.8. The van der Waals surface area contributed by atoms with Crippen LogP contribution >= 0.6 is 0 Å². The average Bonchev–Trinajstić information content (AvgIpc) is 3.17. The van der Waals surface area contributed by atoms with Gasteiger partial charge in [0.05, 0.1) is 25.0 Å². The molecule has 1 fully saturated rings. The van der Waals surface area contributed by atoms with Gasteiger partial charge in [0.2, 0.25) is 0 Å². The van der Waals surface area contributed by atoms with Gasteiger partial charge in [0.15, 0.2) is 0 Å². The number of methoxy groups -OCH3 is 1. The maximum atomic E-state index is 14.0. The lowest BCUT2D eigenvalue weighted by Gasteiger charge is -2.30. The Balaban J connectivity index is 1.65. The Morgan fingerprint density at radius 1 is 1.28 bits per heavy atom. The van der Waals surface area contributed by atoms with E-state index in [4.69, 9.17) is 9.15 Å². The molecule has 0 saturated carbocycles. The molecule has 2 aromatic rings. The summed E-state index contributed by atoms with van der Waals surface area (Å²) < 4.78 is 24.0. The molecule has 0 aliphatic carbocycles. The molecule has 2 amide bonds. The van der Waals surface area contributed by atoms with Crippen LogP contribution in [0.2, 0.25) is 0 Å². The van der Waals surface area contributed by atoms with Gasteiger partial charge in [-0.1, -0.05) is 0 Å². The first-order valence-corrected chi connectivity index (χ1v) is 8.05. The third kappa shape index (κ3) is 3.81. The third-order valence-electron chi connectivity index (χ3n) is 4.33. The number of carbonyl (C=O) groups excluding carboxylic acids is 2. The fourth-order valence-electron chi connectivity index (χ4n) is 2.90. The number of rotatable bonds is 3. The molecule has 0 atom stereocenters. The van der Waals surface area contributed by atoms with Crippen LogP contribution in [0, 0.1) is 11.7 Å². The second kappa shape index (κ2) is 7.38. The first-order valence-electron chi connectivity index (χ1n) is 8.05. The molecule has 132 valence electrons. The second-order valence-corrected chi connectivity index (χ2v) is 5.89. The summed E-state index contributed by atoms with van der Waals surface area (Å²) in [7, 11) is 1.36. The molecule has 0 unspecified atom stereocenters. The Hall–Kier alpha value is -2.83. The van der Waals surface area contributed by atoms with Crippen LogP contribution in [-0.4, -0.2) is 37.1 Å². The summed E-state index contributed by atoms with van der Waals surface area (Å²) >= 11 is 0.